The summed E-state index contributed by atoms with van der Waals surface area (Å²) in [4.78, 5) is 0.284. The zero-order chi connectivity index (χ0) is 13.0. The molecule has 0 fully saturated rings. The first-order valence-corrected chi connectivity index (χ1v) is 6.44. The molecule has 1 N–H and O–H groups in total. The fourth-order valence-electron chi connectivity index (χ4n) is 1.37. The maximum atomic E-state index is 5.97. The van der Waals surface area contributed by atoms with Gasteiger partial charge in [0.05, 0.1) is 11.6 Å². The van der Waals surface area contributed by atoms with Crippen LogP contribution in [-0.2, 0) is 6.42 Å². The first kappa shape index (κ1) is 13.4. The molecule has 18 heavy (non-hydrogen) atoms. The largest absolute Gasteiger partial charge is 0.492 e. The molecule has 1 heterocycles. The fraction of sp³-hybridized carbons (Fsp3) is 0.273. The van der Waals surface area contributed by atoms with Gasteiger partial charge in [0.1, 0.15) is 5.75 Å². The summed E-state index contributed by atoms with van der Waals surface area (Å²) in [6.07, 6.45) is 1.40. The summed E-state index contributed by atoms with van der Waals surface area (Å²) in [6.45, 7) is 0.510. The molecule has 0 amide bonds. The monoisotopic (exact) mass is 304 g/mol. The Hall–Kier alpha value is -1.04. The van der Waals surface area contributed by atoms with Gasteiger partial charge in [0.15, 0.2) is 0 Å². The second-order valence-electron chi connectivity index (χ2n) is 3.53. The van der Waals surface area contributed by atoms with Crippen molar-refractivity contribution in [2.45, 2.75) is 12.8 Å². The topological polar surface area (TPSA) is 51.0 Å². The van der Waals surface area contributed by atoms with Gasteiger partial charge in [0.25, 0.3) is 4.84 Å². The second-order valence-corrected chi connectivity index (χ2v) is 4.75. The van der Waals surface area contributed by atoms with Crippen LogP contribution in [0, 0.1) is 4.84 Å². The number of benzene rings is 1. The predicted octanol–water partition coefficient (Wildman–Crippen LogP) is 4.05. The Kier molecular flexibility index (Phi) is 4.63. The summed E-state index contributed by atoms with van der Waals surface area (Å²) in [5.41, 5.74) is 0. The Bertz CT molecular complexity index is 582. The average molecular weight is 305 g/mol. The summed E-state index contributed by atoms with van der Waals surface area (Å²) < 4.78 is 10.6. The first-order chi connectivity index (χ1) is 8.65. The molecular formula is C11H10Cl2N2O2S. The molecule has 96 valence electrons. The third-order valence-corrected chi connectivity index (χ3v) is 2.87. The SMILES string of the molecule is S=c1[nH]nc(CCCOc2ccc(Cl)cc2Cl)o1. The molecule has 0 saturated heterocycles. The van der Waals surface area contributed by atoms with Crippen LogP contribution in [0.2, 0.25) is 10.0 Å². The Morgan fingerprint density at radius 1 is 1.39 bits per heavy atom. The van der Waals surface area contributed by atoms with Crippen molar-refractivity contribution in [2.24, 2.45) is 0 Å². The minimum atomic E-state index is 0.284. The molecule has 0 saturated carbocycles. The summed E-state index contributed by atoms with van der Waals surface area (Å²) in [6, 6.07) is 5.12. The van der Waals surface area contributed by atoms with Gasteiger partial charge in [0.2, 0.25) is 5.89 Å². The standard InChI is InChI=1S/C11H10Cl2N2O2S/c12-7-3-4-9(8(13)6-7)16-5-1-2-10-14-15-11(18)17-10/h3-4,6H,1-2,5H2,(H,15,18). The van der Waals surface area contributed by atoms with Crippen LogP contribution in [-0.4, -0.2) is 16.8 Å². The molecule has 0 bridgehead atoms. The zero-order valence-electron chi connectivity index (χ0n) is 9.28. The van der Waals surface area contributed by atoms with Crippen molar-refractivity contribution in [1.29, 1.82) is 0 Å². The molecule has 1 aromatic heterocycles. The van der Waals surface area contributed by atoms with Crippen LogP contribution in [0.3, 0.4) is 0 Å². The second kappa shape index (κ2) is 6.22. The summed E-state index contributed by atoms with van der Waals surface area (Å²) in [5, 5.41) is 7.54. The molecular weight excluding hydrogens is 295 g/mol. The Labute approximate surface area is 119 Å². The van der Waals surface area contributed by atoms with Crippen LogP contribution in [0.1, 0.15) is 12.3 Å². The number of aromatic nitrogens is 2. The van der Waals surface area contributed by atoms with Crippen LogP contribution in [0.5, 0.6) is 5.75 Å². The Morgan fingerprint density at radius 2 is 2.22 bits per heavy atom. The Balaban J connectivity index is 1.80. The minimum absolute atomic E-state index is 0.284. The lowest BCUT2D eigenvalue weighted by Crippen LogP contribution is -2.00. The van der Waals surface area contributed by atoms with Gasteiger partial charge in [-0.15, -0.1) is 5.10 Å². The van der Waals surface area contributed by atoms with E-state index in [2.05, 4.69) is 10.2 Å². The van der Waals surface area contributed by atoms with E-state index < -0.39 is 0 Å². The highest BCUT2D eigenvalue weighted by molar-refractivity contribution is 7.71. The molecule has 0 aliphatic rings. The van der Waals surface area contributed by atoms with Gasteiger partial charge in [0, 0.05) is 11.4 Å². The zero-order valence-corrected chi connectivity index (χ0v) is 11.6. The van der Waals surface area contributed by atoms with E-state index >= 15 is 0 Å². The van der Waals surface area contributed by atoms with E-state index in [1.165, 1.54) is 0 Å². The molecule has 0 aliphatic heterocycles. The van der Waals surface area contributed by atoms with Gasteiger partial charge in [-0.05, 0) is 36.8 Å². The van der Waals surface area contributed by atoms with Crippen LogP contribution in [0.25, 0.3) is 0 Å². The van der Waals surface area contributed by atoms with Crippen molar-refractivity contribution in [3.8, 4) is 5.75 Å². The number of H-pyrrole nitrogens is 1. The van der Waals surface area contributed by atoms with Gasteiger partial charge in [-0.3, -0.25) is 0 Å². The van der Waals surface area contributed by atoms with Crippen molar-refractivity contribution >= 4 is 35.4 Å². The van der Waals surface area contributed by atoms with Gasteiger partial charge in [-0.2, -0.15) is 0 Å². The number of rotatable bonds is 5. The summed E-state index contributed by atoms with van der Waals surface area (Å²) in [5.74, 6) is 1.19. The number of ether oxygens (including phenoxy) is 1. The fourth-order valence-corrected chi connectivity index (χ4v) is 1.97. The quantitative estimate of drug-likeness (QED) is 0.669. The van der Waals surface area contributed by atoms with Gasteiger partial charge in [-0.1, -0.05) is 23.2 Å². The number of hydrogen-bond acceptors (Lipinski definition) is 4. The summed E-state index contributed by atoms with van der Waals surface area (Å²) >= 11 is 16.5. The van der Waals surface area contributed by atoms with E-state index in [-0.39, 0.29) is 4.84 Å². The normalized spacial score (nSPS) is 10.6. The molecule has 0 spiro atoms. The lowest BCUT2D eigenvalue weighted by atomic mass is 10.3. The molecule has 7 heteroatoms. The van der Waals surface area contributed by atoms with Crippen LogP contribution < -0.4 is 4.74 Å². The lowest BCUT2D eigenvalue weighted by molar-refractivity contribution is 0.305. The third kappa shape index (κ3) is 3.73. The molecule has 2 aromatic rings. The highest BCUT2D eigenvalue weighted by Crippen LogP contribution is 2.27. The van der Waals surface area contributed by atoms with Crippen molar-refractivity contribution in [2.75, 3.05) is 6.61 Å². The maximum absolute atomic E-state index is 5.97. The number of aryl methyl sites for hydroxylation is 1. The number of halogens is 2. The van der Waals surface area contributed by atoms with Crippen molar-refractivity contribution in [3.63, 3.8) is 0 Å². The van der Waals surface area contributed by atoms with E-state index in [9.17, 15) is 0 Å². The van der Waals surface area contributed by atoms with Gasteiger partial charge in [-0.25, -0.2) is 5.10 Å². The third-order valence-electron chi connectivity index (χ3n) is 2.17. The molecule has 0 atom stereocenters. The van der Waals surface area contributed by atoms with Crippen molar-refractivity contribution in [3.05, 3.63) is 39.0 Å². The number of nitrogens with one attached hydrogen (secondary N) is 1. The lowest BCUT2D eigenvalue weighted by Gasteiger charge is -2.07. The maximum Gasteiger partial charge on any atom is 0.284 e. The average Bonchev–Trinajstić information content (AvgIpc) is 2.73. The predicted molar refractivity (Wildman–Crippen MR) is 72.0 cm³/mol. The van der Waals surface area contributed by atoms with Gasteiger partial charge >= 0.3 is 0 Å². The van der Waals surface area contributed by atoms with Crippen molar-refractivity contribution in [1.82, 2.24) is 10.2 Å². The van der Waals surface area contributed by atoms with E-state index in [0.29, 0.717) is 34.7 Å². The van der Waals surface area contributed by atoms with E-state index in [4.69, 9.17) is 44.6 Å². The highest BCUT2D eigenvalue weighted by atomic mass is 35.5. The Morgan fingerprint density at radius 3 is 2.89 bits per heavy atom. The van der Waals surface area contributed by atoms with E-state index in [0.717, 1.165) is 6.42 Å². The van der Waals surface area contributed by atoms with Crippen LogP contribution in [0.4, 0.5) is 0 Å². The van der Waals surface area contributed by atoms with Crippen molar-refractivity contribution < 1.29 is 9.15 Å². The molecule has 2 rings (SSSR count). The van der Waals surface area contributed by atoms with E-state index in [1.807, 2.05) is 0 Å². The van der Waals surface area contributed by atoms with Crippen LogP contribution >= 0.6 is 35.4 Å². The van der Waals surface area contributed by atoms with E-state index in [1.54, 1.807) is 18.2 Å². The molecule has 0 radical (unpaired) electrons. The molecule has 1 aromatic carbocycles. The summed E-state index contributed by atoms with van der Waals surface area (Å²) in [7, 11) is 0. The number of aromatic amines is 1. The molecule has 0 aliphatic carbocycles. The number of hydrogen-bond donors (Lipinski definition) is 1. The first-order valence-electron chi connectivity index (χ1n) is 5.27. The highest BCUT2D eigenvalue weighted by Gasteiger charge is 2.03. The molecule has 0 unspecified atom stereocenters. The smallest absolute Gasteiger partial charge is 0.284 e. The van der Waals surface area contributed by atoms with Crippen LogP contribution in [0.15, 0.2) is 22.6 Å². The number of nitrogens with zero attached hydrogens (tertiary/aromatic N) is 1. The van der Waals surface area contributed by atoms with Gasteiger partial charge < -0.3 is 9.15 Å². The minimum Gasteiger partial charge on any atom is -0.492 e. The molecule has 4 nitrogen and oxygen atoms in total.